The van der Waals surface area contributed by atoms with E-state index in [4.69, 9.17) is 8.75 Å². The number of hydrogen-bond acceptors (Lipinski definition) is 12. The van der Waals surface area contributed by atoms with E-state index in [-0.39, 0.29) is 0 Å². The first-order chi connectivity index (χ1) is 30.6. The van der Waals surface area contributed by atoms with Gasteiger partial charge in [-0.25, -0.2) is 0 Å². The molecule has 300 valence electrons. The minimum Gasteiger partial charge on any atom is -0.354 e. The predicted molar refractivity (Wildman–Crippen MR) is 268 cm³/mol. The Bertz CT molecular complexity index is 2960. The molecule has 7 nitrogen and oxygen atoms in total. The second kappa shape index (κ2) is 17.2. The largest absolute Gasteiger partial charge is 0.354 e. The minimum absolute atomic E-state index is 0.909. The van der Waals surface area contributed by atoms with Crippen molar-refractivity contribution in [2.24, 2.45) is 0 Å². The Balaban J connectivity index is 0.000000140. The lowest BCUT2D eigenvalue weighted by atomic mass is 10.1. The van der Waals surface area contributed by atoms with Gasteiger partial charge in [0.05, 0.1) is 69.0 Å². The monoisotopic (exact) mass is 1020 g/mol. The molecule has 14 heteroatoms. The number of nitrogens with zero attached hydrogens (tertiary/aromatic N) is 6. The van der Waals surface area contributed by atoms with Gasteiger partial charge in [0.1, 0.15) is 22.1 Å². The van der Waals surface area contributed by atoms with Crippen LogP contribution in [0.15, 0.2) is 208 Å². The van der Waals surface area contributed by atoms with Gasteiger partial charge in [-0.2, -0.15) is 17.5 Å². The fraction of sp³-hybridized carbons (Fsp3) is 0. The van der Waals surface area contributed by atoms with Crippen LogP contribution < -0.4 is 15.1 Å². The summed E-state index contributed by atoms with van der Waals surface area (Å²) in [5.41, 5.74) is 12.8. The minimum atomic E-state index is 0.909. The number of aromatic nitrogens is 4. The van der Waals surface area contributed by atoms with E-state index in [9.17, 15) is 0 Å². The Morgan fingerprint density at radius 1 is 0.323 bits per heavy atom. The zero-order chi connectivity index (χ0) is 41.6. The lowest BCUT2D eigenvalue weighted by molar-refractivity contribution is 1.16. The first-order valence-electron chi connectivity index (χ1n) is 19.4. The van der Waals surface area contributed by atoms with Gasteiger partial charge < -0.3 is 15.1 Å². The number of hydrogen-bond donors (Lipinski definition) is 1. The number of rotatable bonds is 2. The molecule has 0 aliphatic carbocycles. The van der Waals surface area contributed by atoms with Gasteiger partial charge in [0.25, 0.3) is 0 Å². The Labute approximate surface area is 395 Å². The summed E-state index contributed by atoms with van der Waals surface area (Å²) >= 11 is 14.7. The van der Waals surface area contributed by atoms with E-state index in [0.29, 0.717) is 0 Å². The van der Waals surface area contributed by atoms with Crippen LogP contribution in [-0.4, -0.2) is 17.5 Å². The molecular weight excluding hydrogens is 995 g/mol. The number of para-hydroxylation sites is 6. The topological polar surface area (TPSA) is 70.1 Å². The third-order valence-electron chi connectivity index (χ3n) is 10.3. The van der Waals surface area contributed by atoms with Gasteiger partial charge in [-0.15, -0.1) is 0 Å². The van der Waals surface area contributed by atoms with Gasteiger partial charge in [0.2, 0.25) is 0 Å². The summed E-state index contributed by atoms with van der Waals surface area (Å²) in [5, 5.41) is 3.42. The first kappa shape index (κ1) is 39.6. The van der Waals surface area contributed by atoms with E-state index in [1.165, 1.54) is 87.0 Å². The van der Waals surface area contributed by atoms with Crippen molar-refractivity contribution < 1.29 is 0 Å². The van der Waals surface area contributed by atoms with Gasteiger partial charge in [-0.05, 0) is 129 Å². The van der Waals surface area contributed by atoms with Gasteiger partial charge >= 0.3 is 0 Å². The lowest BCUT2D eigenvalue weighted by Gasteiger charge is -2.35. The molecule has 8 aromatic carbocycles. The molecule has 10 aromatic rings. The highest BCUT2D eigenvalue weighted by atomic mass is 79.9. The van der Waals surface area contributed by atoms with E-state index < -0.39 is 0 Å². The maximum absolute atomic E-state index is 4.86. The highest BCUT2D eigenvalue weighted by molar-refractivity contribution is 9.11. The van der Waals surface area contributed by atoms with Crippen LogP contribution in [0.3, 0.4) is 0 Å². The van der Waals surface area contributed by atoms with Crippen molar-refractivity contribution in [3.8, 4) is 0 Å². The van der Waals surface area contributed by atoms with Crippen LogP contribution >= 0.6 is 90.6 Å². The number of benzene rings is 8. The third kappa shape index (κ3) is 7.36. The van der Waals surface area contributed by atoms with Gasteiger partial charge in [-0.3, -0.25) is 0 Å². The van der Waals surface area contributed by atoms with Crippen LogP contribution in [0.4, 0.5) is 45.5 Å². The maximum Gasteiger partial charge on any atom is 0.130 e. The van der Waals surface area contributed by atoms with Crippen molar-refractivity contribution in [2.45, 2.75) is 29.4 Å². The molecule has 0 saturated heterocycles. The van der Waals surface area contributed by atoms with E-state index in [0.717, 1.165) is 42.4 Å². The van der Waals surface area contributed by atoms with E-state index in [1.807, 2.05) is 47.4 Å². The number of halogens is 2. The molecule has 5 heterocycles. The molecule has 62 heavy (non-hydrogen) atoms. The Morgan fingerprint density at radius 3 is 1.02 bits per heavy atom. The van der Waals surface area contributed by atoms with Crippen LogP contribution in [0.25, 0.3) is 22.1 Å². The molecule has 3 aliphatic rings. The van der Waals surface area contributed by atoms with Gasteiger partial charge in [-0.1, -0.05) is 108 Å². The molecule has 0 radical (unpaired) electrons. The second-order valence-electron chi connectivity index (χ2n) is 14.0. The quantitative estimate of drug-likeness (QED) is 0.181. The number of nitrogens with one attached hydrogen (secondary N) is 1. The molecular formula is C48H29Br2N7S5. The highest BCUT2D eigenvalue weighted by Gasteiger charge is 2.30. The predicted octanol–water partition coefficient (Wildman–Crippen LogP) is 16.7. The van der Waals surface area contributed by atoms with Crippen molar-refractivity contribution in [3.63, 3.8) is 0 Å². The molecule has 0 saturated carbocycles. The summed E-state index contributed by atoms with van der Waals surface area (Å²) in [6.07, 6.45) is 0. The fourth-order valence-corrected chi connectivity index (χ4v) is 12.8. The SMILES string of the molecule is Brc1ccc(Br)c2nsnc12.c1ccc2c(c1)Nc1ccccc1S2.c1ccc2c(c1)Sc1ccccc1N2c1ccc(N2c3ccccc3Sc3ccccc32)c2nsnc12. The molecule has 3 aliphatic heterocycles. The van der Waals surface area contributed by atoms with Crippen LogP contribution in [0, 0.1) is 0 Å². The summed E-state index contributed by atoms with van der Waals surface area (Å²) < 4.78 is 20.0. The summed E-state index contributed by atoms with van der Waals surface area (Å²) in [6, 6.07) is 59.4. The Kier molecular flexibility index (Phi) is 11.0. The summed E-state index contributed by atoms with van der Waals surface area (Å²) in [7, 11) is 0. The number of anilines is 8. The van der Waals surface area contributed by atoms with Crippen molar-refractivity contribution in [2.75, 3.05) is 15.1 Å². The van der Waals surface area contributed by atoms with Crippen LogP contribution in [0.5, 0.6) is 0 Å². The Morgan fingerprint density at radius 2 is 0.629 bits per heavy atom. The molecule has 0 unspecified atom stereocenters. The average molecular weight is 1020 g/mol. The van der Waals surface area contributed by atoms with Crippen molar-refractivity contribution >= 4 is 158 Å². The highest BCUT2D eigenvalue weighted by Crippen LogP contribution is 2.55. The van der Waals surface area contributed by atoms with Gasteiger partial charge in [0.15, 0.2) is 0 Å². The second-order valence-corrected chi connectivity index (χ2v) is 20.0. The van der Waals surface area contributed by atoms with E-state index in [1.54, 1.807) is 0 Å². The first-order valence-corrected chi connectivity index (χ1v) is 24.9. The van der Waals surface area contributed by atoms with Crippen molar-refractivity contribution in [1.82, 2.24) is 17.5 Å². The summed E-state index contributed by atoms with van der Waals surface area (Å²) in [4.78, 5) is 12.2. The van der Waals surface area contributed by atoms with Gasteiger partial charge in [0, 0.05) is 38.3 Å². The normalized spacial score (nSPS) is 12.9. The zero-order valence-corrected chi connectivity index (χ0v) is 39.4. The maximum atomic E-state index is 4.86. The third-order valence-corrected chi connectivity index (χ3v) is 16.0. The average Bonchev–Trinajstić information content (AvgIpc) is 4.04. The molecule has 1 N–H and O–H groups in total. The zero-order valence-electron chi connectivity index (χ0n) is 32.1. The standard InChI is InChI=1S/C30H18N4S3.C12H9NS.C6H2Br2N2S/c1-5-13-25-19(9-1)33(20-10-2-6-14-26(20)35-25)23-17-18-24(30-29(23)31-37-32-30)34-21-11-3-7-15-27(21)36-28-16-8-4-12-22(28)34;1-3-7-11-9(5-1)13-10-6-2-4-8-12(10)14-11;7-3-1-2-4(8)6-5(3)9-11-10-6/h1-18H;1-8,13H;1-2H. The summed E-state index contributed by atoms with van der Waals surface area (Å²) in [5.74, 6) is 0. The molecule has 13 rings (SSSR count). The molecule has 2 aromatic heterocycles. The molecule has 0 fully saturated rings. The van der Waals surface area contributed by atoms with Crippen LogP contribution in [0.1, 0.15) is 0 Å². The summed E-state index contributed by atoms with van der Waals surface area (Å²) in [6.45, 7) is 0. The van der Waals surface area contributed by atoms with Crippen molar-refractivity contribution in [1.29, 1.82) is 0 Å². The van der Waals surface area contributed by atoms with Crippen LogP contribution in [-0.2, 0) is 0 Å². The molecule has 0 atom stereocenters. The van der Waals surface area contributed by atoms with E-state index >= 15 is 0 Å². The Hall–Kier alpha value is -5.19. The molecule has 0 spiro atoms. The molecule has 0 bridgehead atoms. The van der Waals surface area contributed by atoms with Crippen molar-refractivity contribution in [3.05, 3.63) is 179 Å². The fourth-order valence-electron chi connectivity index (χ4n) is 7.52. The molecule has 0 amide bonds. The smallest absolute Gasteiger partial charge is 0.130 e. The van der Waals surface area contributed by atoms with Crippen LogP contribution in [0.2, 0.25) is 0 Å². The lowest BCUT2D eigenvalue weighted by Crippen LogP contribution is -2.17. The number of fused-ring (bicyclic) bond motifs is 8. The van der Waals surface area contributed by atoms with E-state index in [2.05, 4.69) is 213 Å².